The Balaban J connectivity index is 1.53. The number of hydrogen-bond acceptors (Lipinski definition) is 3. The summed E-state index contributed by atoms with van der Waals surface area (Å²) in [5.74, 6) is 1.74. The largest absolute Gasteiger partial charge is 0.486 e. The lowest BCUT2D eigenvalue weighted by Crippen LogP contribution is -2.53. The van der Waals surface area contributed by atoms with E-state index in [0.29, 0.717) is 36.3 Å². The van der Waals surface area contributed by atoms with E-state index >= 15 is 0 Å². The van der Waals surface area contributed by atoms with Crippen LogP contribution in [0.3, 0.4) is 0 Å². The lowest BCUT2D eigenvalue weighted by atomic mass is 9.85. The molecule has 2 amide bonds. The van der Waals surface area contributed by atoms with Gasteiger partial charge in [-0.25, -0.2) is 4.79 Å². The third-order valence-corrected chi connectivity index (χ3v) is 4.57. The molecule has 1 saturated heterocycles. The standard InChI is InChI=1S/C19H20N2O3/c1-13-12-21(17(13)14-6-3-2-4-7-14)19(22)20-15-8-5-9-16-18(15)24-11-10-23-16/h2-9,13,17H,10-12H2,1H3,(H,20,22)/t13-,17+/m1/s1. The molecule has 0 unspecified atom stereocenters. The highest BCUT2D eigenvalue weighted by Crippen LogP contribution is 2.41. The summed E-state index contributed by atoms with van der Waals surface area (Å²) in [6, 6.07) is 15.7. The van der Waals surface area contributed by atoms with Crippen LogP contribution >= 0.6 is 0 Å². The first-order valence-electron chi connectivity index (χ1n) is 8.25. The molecule has 0 aliphatic carbocycles. The number of likely N-dealkylation sites (tertiary alicyclic amines) is 1. The summed E-state index contributed by atoms with van der Waals surface area (Å²) in [6.07, 6.45) is 0. The van der Waals surface area contributed by atoms with Gasteiger partial charge in [0.1, 0.15) is 13.2 Å². The Morgan fingerprint density at radius 2 is 1.88 bits per heavy atom. The van der Waals surface area contributed by atoms with E-state index in [1.54, 1.807) is 0 Å². The Kier molecular flexibility index (Phi) is 3.76. The molecule has 2 aliphatic heterocycles. The van der Waals surface area contributed by atoms with Crippen molar-refractivity contribution in [2.75, 3.05) is 25.1 Å². The maximum absolute atomic E-state index is 12.7. The van der Waals surface area contributed by atoms with E-state index in [-0.39, 0.29) is 12.1 Å². The molecule has 0 bridgehead atoms. The van der Waals surface area contributed by atoms with E-state index in [9.17, 15) is 4.79 Å². The zero-order valence-electron chi connectivity index (χ0n) is 13.6. The zero-order valence-corrected chi connectivity index (χ0v) is 13.6. The van der Waals surface area contributed by atoms with Crippen LogP contribution in [0.25, 0.3) is 0 Å². The van der Waals surface area contributed by atoms with Crippen molar-refractivity contribution in [3.8, 4) is 11.5 Å². The Hall–Kier alpha value is -2.69. The van der Waals surface area contributed by atoms with E-state index in [2.05, 4.69) is 24.4 Å². The van der Waals surface area contributed by atoms with Crippen molar-refractivity contribution < 1.29 is 14.3 Å². The van der Waals surface area contributed by atoms with Gasteiger partial charge in [0.15, 0.2) is 11.5 Å². The van der Waals surface area contributed by atoms with E-state index in [4.69, 9.17) is 9.47 Å². The molecule has 24 heavy (non-hydrogen) atoms. The Bertz CT molecular complexity index is 748. The molecule has 1 N–H and O–H groups in total. The number of carbonyl (C=O) groups is 1. The van der Waals surface area contributed by atoms with Gasteiger partial charge in [0.25, 0.3) is 0 Å². The van der Waals surface area contributed by atoms with Crippen LogP contribution in [0.1, 0.15) is 18.5 Å². The zero-order chi connectivity index (χ0) is 16.5. The van der Waals surface area contributed by atoms with Crippen LogP contribution in [0.2, 0.25) is 0 Å². The number of nitrogens with one attached hydrogen (secondary N) is 1. The molecule has 2 heterocycles. The SMILES string of the molecule is C[C@@H]1CN(C(=O)Nc2cccc3c2OCCO3)[C@@H]1c1ccccc1. The molecule has 0 spiro atoms. The summed E-state index contributed by atoms with van der Waals surface area (Å²) >= 11 is 0. The molecule has 5 nitrogen and oxygen atoms in total. The first-order chi connectivity index (χ1) is 11.7. The number of urea groups is 1. The predicted molar refractivity (Wildman–Crippen MR) is 91.5 cm³/mol. The molecular formula is C19H20N2O3. The topological polar surface area (TPSA) is 50.8 Å². The van der Waals surface area contributed by atoms with Crippen LogP contribution < -0.4 is 14.8 Å². The fourth-order valence-electron chi connectivity index (χ4n) is 3.42. The summed E-state index contributed by atoms with van der Waals surface area (Å²) in [5, 5.41) is 2.97. The summed E-state index contributed by atoms with van der Waals surface area (Å²) < 4.78 is 11.2. The third kappa shape index (κ3) is 2.56. The van der Waals surface area contributed by atoms with Gasteiger partial charge in [-0.2, -0.15) is 0 Å². The first kappa shape index (κ1) is 14.9. The molecule has 5 heteroatoms. The van der Waals surface area contributed by atoms with Gasteiger partial charge in [-0.3, -0.25) is 0 Å². The molecule has 4 rings (SSSR count). The quantitative estimate of drug-likeness (QED) is 0.917. The molecule has 1 fully saturated rings. The fraction of sp³-hybridized carbons (Fsp3) is 0.316. The van der Waals surface area contributed by atoms with Crippen molar-refractivity contribution in [1.82, 2.24) is 4.90 Å². The minimum atomic E-state index is -0.107. The summed E-state index contributed by atoms with van der Waals surface area (Å²) in [4.78, 5) is 14.6. The van der Waals surface area contributed by atoms with Crippen LogP contribution in [0.4, 0.5) is 10.5 Å². The molecule has 2 atom stereocenters. The predicted octanol–water partition coefficient (Wildman–Crippen LogP) is 3.68. The van der Waals surface area contributed by atoms with E-state index in [1.807, 2.05) is 41.3 Å². The summed E-state index contributed by atoms with van der Waals surface area (Å²) in [7, 11) is 0. The minimum absolute atomic E-state index is 0.107. The smallest absolute Gasteiger partial charge is 0.322 e. The number of fused-ring (bicyclic) bond motifs is 1. The van der Waals surface area contributed by atoms with Gasteiger partial charge in [-0.05, 0) is 23.6 Å². The van der Waals surface area contributed by atoms with Crippen LogP contribution in [-0.4, -0.2) is 30.7 Å². The average Bonchev–Trinajstić information content (AvgIpc) is 2.60. The van der Waals surface area contributed by atoms with Gasteiger partial charge in [0.2, 0.25) is 0 Å². The van der Waals surface area contributed by atoms with Crippen molar-refractivity contribution in [3.05, 3.63) is 54.1 Å². The normalized spacial score (nSPS) is 21.8. The van der Waals surface area contributed by atoms with Gasteiger partial charge in [0, 0.05) is 6.54 Å². The fourth-order valence-corrected chi connectivity index (χ4v) is 3.42. The molecule has 2 aromatic carbocycles. The number of amides is 2. The highest BCUT2D eigenvalue weighted by molar-refractivity contribution is 5.92. The first-order valence-corrected chi connectivity index (χ1v) is 8.25. The monoisotopic (exact) mass is 324 g/mol. The highest BCUT2D eigenvalue weighted by Gasteiger charge is 2.40. The second-order valence-corrected chi connectivity index (χ2v) is 6.25. The number of hydrogen-bond donors (Lipinski definition) is 1. The van der Waals surface area contributed by atoms with Gasteiger partial charge in [-0.1, -0.05) is 43.3 Å². The lowest BCUT2D eigenvalue weighted by molar-refractivity contribution is 0.0670. The van der Waals surface area contributed by atoms with Crippen LogP contribution in [0.15, 0.2) is 48.5 Å². The Morgan fingerprint density at radius 3 is 2.67 bits per heavy atom. The Labute approximate surface area is 141 Å². The minimum Gasteiger partial charge on any atom is -0.486 e. The number of anilines is 1. The summed E-state index contributed by atoms with van der Waals surface area (Å²) in [6.45, 7) is 3.94. The van der Waals surface area contributed by atoms with Crippen molar-refractivity contribution in [3.63, 3.8) is 0 Å². The molecule has 0 radical (unpaired) electrons. The van der Waals surface area contributed by atoms with E-state index < -0.39 is 0 Å². The van der Waals surface area contributed by atoms with Gasteiger partial charge in [-0.15, -0.1) is 0 Å². The third-order valence-electron chi connectivity index (χ3n) is 4.57. The van der Waals surface area contributed by atoms with Gasteiger partial charge >= 0.3 is 6.03 Å². The summed E-state index contributed by atoms with van der Waals surface area (Å²) in [5.41, 5.74) is 1.82. The number of nitrogens with zero attached hydrogens (tertiary/aromatic N) is 1. The lowest BCUT2D eigenvalue weighted by Gasteiger charge is -2.46. The number of ether oxygens (including phenoxy) is 2. The maximum Gasteiger partial charge on any atom is 0.322 e. The molecule has 2 aromatic rings. The molecular weight excluding hydrogens is 304 g/mol. The Morgan fingerprint density at radius 1 is 1.08 bits per heavy atom. The molecule has 0 saturated carbocycles. The number of benzene rings is 2. The average molecular weight is 324 g/mol. The van der Waals surface area contributed by atoms with Gasteiger partial charge in [0.05, 0.1) is 11.7 Å². The van der Waals surface area contributed by atoms with E-state index in [1.165, 1.54) is 5.56 Å². The van der Waals surface area contributed by atoms with Crippen molar-refractivity contribution in [1.29, 1.82) is 0 Å². The number of rotatable bonds is 2. The van der Waals surface area contributed by atoms with Crippen LogP contribution in [0.5, 0.6) is 11.5 Å². The second-order valence-electron chi connectivity index (χ2n) is 6.25. The van der Waals surface area contributed by atoms with Crippen LogP contribution in [-0.2, 0) is 0 Å². The molecule has 0 aromatic heterocycles. The van der Waals surface area contributed by atoms with E-state index in [0.717, 1.165) is 6.54 Å². The van der Waals surface area contributed by atoms with Crippen LogP contribution in [0, 0.1) is 5.92 Å². The van der Waals surface area contributed by atoms with Crippen molar-refractivity contribution in [2.24, 2.45) is 5.92 Å². The number of para-hydroxylation sites is 1. The number of carbonyl (C=O) groups excluding carboxylic acids is 1. The molecule has 2 aliphatic rings. The van der Waals surface area contributed by atoms with Crippen molar-refractivity contribution >= 4 is 11.7 Å². The highest BCUT2D eigenvalue weighted by atomic mass is 16.6. The van der Waals surface area contributed by atoms with Gasteiger partial charge < -0.3 is 19.7 Å². The second kappa shape index (κ2) is 6.07. The maximum atomic E-state index is 12.7. The molecule has 124 valence electrons. The van der Waals surface area contributed by atoms with Crippen molar-refractivity contribution in [2.45, 2.75) is 13.0 Å².